The molecule has 17 heavy (non-hydrogen) atoms. The summed E-state index contributed by atoms with van der Waals surface area (Å²) in [5.41, 5.74) is 1.29. The van der Waals surface area contributed by atoms with Crippen molar-refractivity contribution in [3.05, 3.63) is 23.8 Å². The lowest BCUT2D eigenvalue weighted by Crippen LogP contribution is -2.12. The van der Waals surface area contributed by atoms with Crippen molar-refractivity contribution in [2.24, 2.45) is 0 Å². The van der Waals surface area contributed by atoms with Gasteiger partial charge in [0.15, 0.2) is 11.5 Å². The van der Waals surface area contributed by atoms with Crippen LogP contribution < -0.4 is 14.8 Å². The SMILES string of the molecule is CCCOc1ccc(C2CCCN2)cc1OC. The molecular weight excluding hydrogens is 214 g/mol. The number of nitrogens with one attached hydrogen (secondary N) is 1. The van der Waals surface area contributed by atoms with E-state index in [2.05, 4.69) is 24.4 Å². The topological polar surface area (TPSA) is 30.5 Å². The Kier molecular flexibility index (Phi) is 4.26. The molecule has 0 bridgehead atoms. The van der Waals surface area contributed by atoms with Gasteiger partial charge in [0.25, 0.3) is 0 Å². The molecule has 3 nitrogen and oxygen atoms in total. The Bertz CT molecular complexity index is 359. The Morgan fingerprint density at radius 2 is 2.24 bits per heavy atom. The summed E-state index contributed by atoms with van der Waals surface area (Å²) in [7, 11) is 1.69. The second kappa shape index (κ2) is 5.92. The highest BCUT2D eigenvalue weighted by atomic mass is 16.5. The van der Waals surface area contributed by atoms with E-state index >= 15 is 0 Å². The first kappa shape index (κ1) is 12.2. The van der Waals surface area contributed by atoms with E-state index in [1.165, 1.54) is 18.4 Å². The second-order valence-electron chi connectivity index (χ2n) is 4.41. The summed E-state index contributed by atoms with van der Waals surface area (Å²) in [5, 5.41) is 3.49. The molecule has 1 aromatic carbocycles. The van der Waals surface area contributed by atoms with Crippen LogP contribution in [0.25, 0.3) is 0 Å². The molecule has 0 saturated carbocycles. The van der Waals surface area contributed by atoms with E-state index in [4.69, 9.17) is 9.47 Å². The van der Waals surface area contributed by atoms with Crippen molar-refractivity contribution < 1.29 is 9.47 Å². The quantitative estimate of drug-likeness (QED) is 0.851. The van der Waals surface area contributed by atoms with Gasteiger partial charge in [-0.3, -0.25) is 0 Å². The van der Waals surface area contributed by atoms with Crippen LogP contribution in [0.15, 0.2) is 18.2 Å². The number of methoxy groups -OCH3 is 1. The lowest BCUT2D eigenvalue weighted by atomic mass is 10.0. The number of ether oxygens (including phenoxy) is 2. The highest BCUT2D eigenvalue weighted by Crippen LogP contribution is 2.32. The van der Waals surface area contributed by atoms with E-state index < -0.39 is 0 Å². The standard InChI is InChI=1S/C14H21NO2/c1-3-9-17-13-7-6-11(10-14(13)16-2)12-5-4-8-15-12/h6-7,10,12,15H,3-5,8-9H2,1-2H3. The molecule has 2 rings (SSSR count). The van der Waals surface area contributed by atoms with E-state index in [1.807, 2.05) is 6.07 Å². The summed E-state index contributed by atoms with van der Waals surface area (Å²) in [4.78, 5) is 0. The fraction of sp³-hybridized carbons (Fsp3) is 0.571. The average molecular weight is 235 g/mol. The maximum atomic E-state index is 5.65. The lowest BCUT2D eigenvalue weighted by Gasteiger charge is -2.15. The summed E-state index contributed by atoms with van der Waals surface area (Å²) in [5.74, 6) is 1.68. The molecule has 0 aliphatic carbocycles. The lowest BCUT2D eigenvalue weighted by molar-refractivity contribution is 0.294. The van der Waals surface area contributed by atoms with Crippen molar-refractivity contribution in [2.45, 2.75) is 32.2 Å². The molecule has 1 fully saturated rings. The molecule has 0 radical (unpaired) electrons. The van der Waals surface area contributed by atoms with Gasteiger partial charge in [-0.15, -0.1) is 0 Å². The molecule has 1 heterocycles. The predicted molar refractivity (Wildman–Crippen MR) is 68.8 cm³/mol. The Morgan fingerprint density at radius 1 is 1.35 bits per heavy atom. The maximum absolute atomic E-state index is 5.65. The molecule has 1 aliphatic heterocycles. The normalized spacial score (nSPS) is 19.3. The molecule has 3 heteroatoms. The number of rotatable bonds is 5. The summed E-state index contributed by atoms with van der Waals surface area (Å²) in [6.07, 6.45) is 3.47. The molecule has 1 N–H and O–H groups in total. The molecule has 0 aromatic heterocycles. The largest absolute Gasteiger partial charge is 0.493 e. The third-order valence-corrected chi connectivity index (χ3v) is 3.11. The van der Waals surface area contributed by atoms with Crippen LogP contribution in [-0.4, -0.2) is 20.3 Å². The van der Waals surface area contributed by atoms with Gasteiger partial charge in [0, 0.05) is 6.04 Å². The van der Waals surface area contributed by atoms with Crippen LogP contribution in [0.2, 0.25) is 0 Å². The molecule has 94 valence electrons. The van der Waals surface area contributed by atoms with Crippen LogP contribution in [0, 0.1) is 0 Å². The van der Waals surface area contributed by atoms with Crippen LogP contribution in [0.5, 0.6) is 11.5 Å². The summed E-state index contributed by atoms with van der Waals surface area (Å²) in [6.45, 7) is 3.95. The van der Waals surface area contributed by atoms with Gasteiger partial charge in [0.1, 0.15) is 0 Å². The second-order valence-corrected chi connectivity index (χ2v) is 4.41. The number of benzene rings is 1. The van der Waals surface area contributed by atoms with Gasteiger partial charge in [0.05, 0.1) is 13.7 Å². The monoisotopic (exact) mass is 235 g/mol. The number of hydrogen-bond acceptors (Lipinski definition) is 3. The zero-order valence-electron chi connectivity index (χ0n) is 10.7. The molecule has 1 aliphatic rings. The molecule has 1 unspecified atom stereocenters. The molecule has 1 saturated heterocycles. The Labute approximate surface area is 103 Å². The van der Waals surface area contributed by atoms with Crippen LogP contribution in [-0.2, 0) is 0 Å². The van der Waals surface area contributed by atoms with E-state index in [0.717, 1.165) is 31.1 Å². The summed E-state index contributed by atoms with van der Waals surface area (Å²) < 4.78 is 11.0. The third-order valence-electron chi connectivity index (χ3n) is 3.11. The maximum Gasteiger partial charge on any atom is 0.161 e. The van der Waals surface area contributed by atoms with E-state index in [0.29, 0.717) is 6.04 Å². The fourth-order valence-electron chi connectivity index (χ4n) is 2.20. The smallest absolute Gasteiger partial charge is 0.161 e. The van der Waals surface area contributed by atoms with Crippen molar-refractivity contribution in [2.75, 3.05) is 20.3 Å². The Morgan fingerprint density at radius 3 is 2.88 bits per heavy atom. The summed E-state index contributed by atoms with van der Waals surface area (Å²) >= 11 is 0. The zero-order chi connectivity index (χ0) is 12.1. The average Bonchev–Trinajstić information content (AvgIpc) is 2.90. The Balaban J connectivity index is 2.14. The highest BCUT2D eigenvalue weighted by molar-refractivity contribution is 5.44. The zero-order valence-corrected chi connectivity index (χ0v) is 10.7. The minimum atomic E-state index is 0.476. The Hall–Kier alpha value is -1.22. The first-order valence-corrected chi connectivity index (χ1v) is 6.39. The van der Waals surface area contributed by atoms with Gasteiger partial charge in [0.2, 0.25) is 0 Å². The molecule has 0 amide bonds. The van der Waals surface area contributed by atoms with Gasteiger partial charge in [-0.25, -0.2) is 0 Å². The fourth-order valence-corrected chi connectivity index (χ4v) is 2.20. The van der Waals surface area contributed by atoms with Gasteiger partial charge < -0.3 is 14.8 Å². The van der Waals surface area contributed by atoms with E-state index in [9.17, 15) is 0 Å². The van der Waals surface area contributed by atoms with Crippen molar-refractivity contribution in [1.82, 2.24) is 5.32 Å². The first-order chi connectivity index (χ1) is 8.35. The molecule has 0 spiro atoms. The van der Waals surface area contributed by atoms with Crippen molar-refractivity contribution in [1.29, 1.82) is 0 Å². The van der Waals surface area contributed by atoms with Gasteiger partial charge in [-0.1, -0.05) is 13.0 Å². The minimum absolute atomic E-state index is 0.476. The highest BCUT2D eigenvalue weighted by Gasteiger charge is 2.17. The predicted octanol–water partition coefficient (Wildman–Crippen LogP) is 2.91. The summed E-state index contributed by atoms with van der Waals surface area (Å²) in [6, 6.07) is 6.72. The first-order valence-electron chi connectivity index (χ1n) is 6.39. The van der Waals surface area contributed by atoms with Crippen LogP contribution in [0.1, 0.15) is 37.8 Å². The van der Waals surface area contributed by atoms with Crippen molar-refractivity contribution >= 4 is 0 Å². The van der Waals surface area contributed by atoms with Crippen LogP contribution in [0.3, 0.4) is 0 Å². The number of hydrogen-bond donors (Lipinski definition) is 1. The van der Waals surface area contributed by atoms with Crippen LogP contribution >= 0.6 is 0 Å². The van der Waals surface area contributed by atoms with Gasteiger partial charge in [-0.2, -0.15) is 0 Å². The van der Waals surface area contributed by atoms with Gasteiger partial charge in [-0.05, 0) is 43.5 Å². The van der Waals surface area contributed by atoms with Crippen LogP contribution in [0.4, 0.5) is 0 Å². The van der Waals surface area contributed by atoms with Crippen molar-refractivity contribution in [3.63, 3.8) is 0 Å². The molecular formula is C14H21NO2. The minimum Gasteiger partial charge on any atom is -0.493 e. The van der Waals surface area contributed by atoms with E-state index in [-0.39, 0.29) is 0 Å². The van der Waals surface area contributed by atoms with Gasteiger partial charge >= 0.3 is 0 Å². The van der Waals surface area contributed by atoms with E-state index in [1.54, 1.807) is 7.11 Å². The molecule has 1 atom stereocenters. The van der Waals surface area contributed by atoms with Crippen molar-refractivity contribution in [3.8, 4) is 11.5 Å². The molecule has 1 aromatic rings. The third kappa shape index (κ3) is 2.91.